The molecule has 0 amide bonds. The highest BCUT2D eigenvalue weighted by Gasteiger charge is 2.55. The average Bonchev–Trinajstić information content (AvgIpc) is 3.55. The van der Waals surface area contributed by atoms with Gasteiger partial charge in [-0.25, -0.2) is 9.97 Å². The van der Waals surface area contributed by atoms with Crippen molar-refractivity contribution < 1.29 is 27.8 Å². The predicted molar refractivity (Wildman–Crippen MR) is 157 cm³/mol. The summed E-state index contributed by atoms with van der Waals surface area (Å²) in [6.07, 6.45) is 2.27. The molecule has 3 aromatic rings. The second kappa shape index (κ2) is 11.1. The third-order valence-corrected chi connectivity index (χ3v) is 9.36. The number of hydrogen-bond acceptors (Lipinski definition) is 9. The van der Waals surface area contributed by atoms with Crippen molar-refractivity contribution in [1.29, 1.82) is 0 Å². The van der Waals surface area contributed by atoms with Gasteiger partial charge < -0.3 is 40.8 Å². The second-order valence-corrected chi connectivity index (χ2v) is 12.8. The Hall–Kier alpha value is -3.13. The molecule has 10 nitrogen and oxygen atoms in total. The third-order valence-electron chi connectivity index (χ3n) is 9.36. The lowest BCUT2D eigenvalue weighted by Crippen LogP contribution is -2.46. The summed E-state index contributed by atoms with van der Waals surface area (Å²) in [6.45, 7) is 4.80. The van der Waals surface area contributed by atoms with E-state index in [1.54, 1.807) is 0 Å². The van der Waals surface area contributed by atoms with Gasteiger partial charge in [-0.15, -0.1) is 0 Å². The molecule has 3 heterocycles. The second-order valence-electron chi connectivity index (χ2n) is 12.8. The van der Waals surface area contributed by atoms with Crippen LogP contribution in [0.1, 0.15) is 57.6 Å². The summed E-state index contributed by atoms with van der Waals surface area (Å²) in [5, 5.41) is 14.1. The number of alkyl halides is 3. The molecule has 6 N–H and O–H groups in total. The van der Waals surface area contributed by atoms with Gasteiger partial charge >= 0.3 is 6.18 Å². The Labute approximate surface area is 248 Å². The van der Waals surface area contributed by atoms with Gasteiger partial charge in [0.1, 0.15) is 30.1 Å². The van der Waals surface area contributed by atoms with Crippen molar-refractivity contribution in [2.24, 2.45) is 11.8 Å². The van der Waals surface area contributed by atoms with Crippen LogP contribution in [0, 0.1) is 11.8 Å². The molecule has 6 rings (SSSR count). The number of nitrogens with zero attached hydrogens (tertiary/aromatic N) is 4. The first-order valence-corrected chi connectivity index (χ1v) is 14.8. The molecule has 2 aliphatic carbocycles. The molecule has 0 bridgehead atoms. The number of nitrogen functional groups attached to an aromatic ring is 2. The van der Waals surface area contributed by atoms with E-state index in [4.69, 9.17) is 20.9 Å². The maximum atomic E-state index is 12.9. The van der Waals surface area contributed by atoms with Crippen LogP contribution >= 0.6 is 0 Å². The molecule has 1 unspecified atom stereocenters. The number of halogens is 3. The Morgan fingerprint density at radius 1 is 1.14 bits per heavy atom. The van der Waals surface area contributed by atoms with Crippen LogP contribution in [0.5, 0.6) is 0 Å². The van der Waals surface area contributed by atoms with Gasteiger partial charge in [-0.05, 0) is 83.2 Å². The van der Waals surface area contributed by atoms with Crippen LogP contribution in [0.4, 0.5) is 30.4 Å². The molecule has 2 saturated carbocycles. The Morgan fingerprint density at radius 3 is 2.60 bits per heavy atom. The Bertz CT molecular complexity index is 1460. The molecule has 43 heavy (non-hydrogen) atoms. The number of benzene rings is 1. The summed E-state index contributed by atoms with van der Waals surface area (Å²) >= 11 is 0. The van der Waals surface area contributed by atoms with Crippen molar-refractivity contribution in [3.05, 3.63) is 42.4 Å². The number of anilines is 3. The quantitative estimate of drug-likeness (QED) is 0.204. The molecular formula is C30H40F3N7O3. The molecule has 0 spiro atoms. The van der Waals surface area contributed by atoms with Crippen molar-refractivity contribution in [2.45, 2.75) is 88.4 Å². The van der Waals surface area contributed by atoms with Gasteiger partial charge in [0.25, 0.3) is 0 Å². The fourth-order valence-corrected chi connectivity index (χ4v) is 7.10. The summed E-state index contributed by atoms with van der Waals surface area (Å²) in [5.41, 5.74) is 12.1. The molecule has 234 valence electrons. The number of ether oxygens (including phenoxy) is 2. The topological polar surface area (TPSA) is 137 Å². The van der Waals surface area contributed by atoms with E-state index in [-0.39, 0.29) is 29.9 Å². The SMILES string of the molecule is CN(C[C@H]1C[C@@H](n2ccc3c(N)ncnc32)[C@@H]2OC(C)(C)O[C@H]12)C1CC(CCC(O)Nc2ccc(C(F)(F)F)cc2N)C1. The Balaban J connectivity index is 1.01. The zero-order valence-electron chi connectivity index (χ0n) is 24.6. The standard InChI is InChI=1S/C30H40F3N7O3/c1-29(2)42-25-17(12-23(26(25)43-29)40-9-8-20-27(35)36-15-37-28(20)40)14-39(3)19-10-16(11-19)4-7-24(41)38-22-6-5-18(13-21(22)34)30(31,32)33/h5-6,8-9,13,15-17,19,23-26,38,41H,4,7,10-12,14,34H2,1-3H3,(H2,35,36,37)/t16?,17-,19?,23-,24?,25-,26+/m1/s1. The van der Waals surface area contributed by atoms with E-state index in [9.17, 15) is 18.3 Å². The van der Waals surface area contributed by atoms with Crippen LogP contribution in [0.15, 0.2) is 36.8 Å². The van der Waals surface area contributed by atoms with E-state index < -0.39 is 23.8 Å². The van der Waals surface area contributed by atoms with Crippen LogP contribution in [-0.2, 0) is 15.7 Å². The molecule has 0 radical (unpaired) electrons. The lowest BCUT2D eigenvalue weighted by Gasteiger charge is -2.43. The van der Waals surface area contributed by atoms with Crippen molar-refractivity contribution in [2.75, 3.05) is 30.4 Å². The lowest BCUT2D eigenvalue weighted by atomic mass is 9.76. The van der Waals surface area contributed by atoms with E-state index in [0.717, 1.165) is 55.4 Å². The maximum absolute atomic E-state index is 12.9. The number of aliphatic hydroxyl groups is 1. The molecule has 3 fully saturated rings. The van der Waals surface area contributed by atoms with Crippen LogP contribution in [0.25, 0.3) is 11.0 Å². The minimum absolute atomic E-state index is 0.0335. The third kappa shape index (κ3) is 6.00. The molecule has 5 atom stereocenters. The fourth-order valence-electron chi connectivity index (χ4n) is 7.10. The Kier molecular flexibility index (Phi) is 7.72. The molecule has 2 aromatic heterocycles. The molecule has 1 aromatic carbocycles. The molecular weight excluding hydrogens is 563 g/mol. The van der Waals surface area contributed by atoms with E-state index in [1.165, 1.54) is 12.4 Å². The number of hydrogen-bond donors (Lipinski definition) is 4. The summed E-state index contributed by atoms with van der Waals surface area (Å²) < 4.78 is 53.7. The minimum Gasteiger partial charge on any atom is -0.397 e. The number of fused-ring (bicyclic) bond motifs is 2. The van der Waals surface area contributed by atoms with Crippen molar-refractivity contribution in [3.8, 4) is 0 Å². The number of nitrogens with two attached hydrogens (primary N) is 2. The van der Waals surface area contributed by atoms with Crippen molar-refractivity contribution in [3.63, 3.8) is 0 Å². The summed E-state index contributed by atoms with van der Waals surface area (Å²) in [6, 6.07) is 5.56. The first kappa shape index (κ1) is 29.9. The van der Waals surface area contributed by atoms with Crippen LogP contribution < -0.4 is 16.8 Å². The highest BCUT2D eigenvalue weighted by atomic mass is 19.4. The highest BCUT2D eigenvalue weighted by Crippen LogP contribution is 2.48. The van der Waals surface area contributed by atoms with Crippen molar-refractivity contribution in [1.82, 2.24) is 19.4 Å². The van der Waals surface area contributed by atoms with E-state index >= 15 is 0 Å². The monoisotopic (exact) mass is 603 g/mol. The van der Waals surface area contributed by atoms with Gasteiger partial charge in [0.15, 0.2) is 5.79 Å². The maximum Gasteiger partial charge on any atom is 0.416 e. The predicted octanol–water partition coefficient (Wildman–Crippen LogP) is 4.62. The summed E-state index contributed by atoms with van der Waals surface area (Å²) in [7, 11) is 2.16. The minimum atomic E-state index is -4.46. The average molecular weight is 604 g/mol. The zero-order valence-corrected chi connectivity index (χ0v) is 24.6. The normalized spacial score (nSPS) is 29.1. The van der Waals surface area contributed by atoms with E-state index in [0.29, 0.717) is 29.9 Å². The number of nitrogens with one attached hydrogen (secondary N) is 1. The largest absolute Gasteiger partial charge is 0.416 e. The van der Waals surface area contributed by atoms with Gasteiger partial charge in [0.05, 0.1) is 34.5 Å². The van der Waals surface area contributed by atoms with Crippen molar-refractivity contribution >= 4 is 28.2 Å². The van der Waals surface area contributed by atoms with Crippen LogP contribution in [0.3, 0.4) is 0 Å². The number of rotatable bonds is 9. The molecule has 1 saturated heterocycles. The first-order valence-electron chi connectivity index (χ1n) is 14.8. The highest BCUT2D eigenvalue weighted by molar-refractivity contribution is 5.86. The van der Waals surface area contributed by atoms with Gasteiger partial charge in [-0.1, -0.05) is 0 Å². The smallest absolute Gasteiger partial charge is 0.397 e. The fraction of sp³-hybridized carbons (Fsp3) is 0.600. The first-order chi connectivity index (χ1) is 20.3. The van der Waals surface area contributed by atoms with Gasteiger partial charge in [-0.3, -0.25) is 0 Å². The number of aliphatic hydroxyl groups excluding tert-OH is 1. The van der Waals surface area contributed by atoms with Gasteiger partial charge in [-0.2, -0.15) is 13.2 Å². The zero-order chi connectivity index (χ0) is 30.7. The summed E-state index contributed by atoms with van der Waals surface area (Å²) in [4.78, 5) is 11.0. The van der Waals surface area contributed by atoms with Crippen LogP contribution in [0.2, 0.25) is 0 Å². The van der Waals surface area contributed by atoms with E-state index in [1.807, 2.05) is 26.1 Å². The summed E-state index contributed by atoms with van der Waals surface area (Å²) in [5.74, 6) is 0.547. The lowest BCUT2D eigenvalue weighted by molar-refractivity contribution is -0.161. The molecule has 13 heteroatoms. The molecule has 3 aliphatic rings. The Morgan fingerprint density at radius 2 is 1.88 bits per heavy atom. The number of aromatic nitrogens is 3. The van der Waals surface area contributed by atoms with Crippen LogP contribution in [-0.4, -0.2) is 68.4 Å². The van der Waals surface area contributed by atoms with Gasteiger partial charge in [0, 0.05) is 24.7 Å². The van der Waals surface area contributed by atoms with E-state index in [2.05, 4.69) is 31.8 Å². The van der Waals surface area contributed by atoms with Gasteiger partial charge in [0.2, 0.25) is 0 Å². The molecule has 1 aliphatic heterocycles.